The Morgan fingerprint density at radius 2 is 2.62 bits per heavy atom. The van der Waals surface area contributed by atoms with Crippen molar-refractivity contribution in [3.8, 4) is 0 Å². The van der Waals surface area contributed by atoms with E-state index in [4.69, 9.17) is 0 Å². The molecule has 1 aromatic rings. The van der Waals surface area contributed by atoms with Crippen molar-refractivity contribution in [2.45, 2.75) is 13.3 Å². The molecule has 0 aromatic carbocycles. The van der Waals surface area contributed by atoms with Crippen LogP contribution in [-0.2, 0) is 6.42 Å². The number of hydrogen-bond acceptors (Lipinski definition) is 2. The third kappa shape index (κ3) is 0.892. The maximum Gasteiger partial charge on any atom is 0.0797 e. The fourth-order valence-electron chi connectivity index (χ4n) is 0.569. The quantitative estimate of drug-likeness (QED) is 0.559. The van der Waals surface area contributed by atoms with Gasteiger partial charge in [0.25, 0.3) is 0 Å². The van der Waals surface area contributed by atoms with Crippen LogP contribution in [-0.4, -0.2) is 4.98 Å². The molecule has 0 atom stereocenters. The number of aryl methyl sites for hydroxylation is 1. The van der Waals surface area contributed by atoms with Gasteiger partial charge in [-0.2, -0.15) is 0 Å². The number of hydrogen-bond donors (Lipinski definition) is 0. The zero-order valence-corrected chi connectivity index (χ0v) is 5.66. The fourth-order valence-corrected chi connectivity index (χ4v) is 1.20. The summed E-state index contributed by atoms with van der Waals surface area (Å²) in [5.74, 6) is 0. The smallest absolute Gasteiger partial charge is 0.0797 e. The molecule has 1 heterocycles. The molecule has 43 valence electrons. The lowest BCUT2D eigenvalue weighted by Gasteiger charge is -1.85. The van der Waals surface area contributed by atoms with E-state index in [1.165, 1.54) is 4.88 Å². The van der Waals surface area contributed by atoms with E-state index >= 15 is 0 Å². The minimum absolute atomic E-state index is 0.815. The Kier molecular flexibility index (Phi) is 1.63. The van der Waals surface area contributed by atoms with E-state index < -0.39 is 0 Å². The highest BCUT2D eigenvalue weighted by atomic mass is 32.1. The number of rotatable bonds is 1. The Bertz CT molecular complexity index is 169. The van der Waals surface area contributed by atoms with Crippen LogP contribution in [0.15, 0.2) is 5.51 Å². The summed E-state index contributed by atoms with van der Waals surface area (Å²) in [6.45, 7) is 5.80. The van der Waals surface area contributed by atoms with Crippen molar-refractivity contribution in [2.24, 2.45) is 0 Å². The SMILES string of the molecule is [CH2]Cc1ncsc1C. The first-order chi connectivity index (χ1) is 3.84. The van der Waals surface area contributed by atoms with Gasteiger partial charge >= 0.3 is 0 Å². The Labute approximate surface area is 53.4 Å². The molecule has 1 rings (SSSR count). The van der Waals surface area contributed by atoms with E-state index in [-0.39, 0.29) is 0 Å². The third-order valence-corrected chi connectivity index (χ3v) is 1.88. The van der Waals surface area contributed by atoms with Crippen molar-refractivity contribution in [1.29, 1.82) is 0 Å². The lowest BCUT2D eigenvalue weighted by molar-refractivity contribution is 1.12. The zero-order chi connectivity index (χ0) is 5.98. The maximum absolute atomic E-state index is 4.09. The highest BCUT2D eigenvalue weighted by Gasteiger charge is 1.94. The number of thiazole rings is 1. The first kappa shape index (κ1) is 5.76. The third-order valence-electron chi connectivity index (χ3n) is 1.08. The second kappa shape index (κ2) is 2.27. The molecule has 0 spiro atoms. The molecule has 1 aromatic heterocycles. The van der Waals surface area contributed by atoms with E-state index in [1.54, 1.807) is 11.3 Å². The first-order valence-electron chi connectivity index (χ1n) is 2.53. The predicted molar refractivity (Wildman–Crippen MR) is 35.9 cm³/mol. The molecule has 0 amide bonds. The molecule has 0 N–H and O–H groups in total. The molecule has 0 saturated carbocycles. The van der Waals surface area contributed by atoms with E-state index in [2.05, 4.69) is 18.8 Å². The van der Waals surface area contributed by atoms with Crippen LogP contribution in [0.1, 0.15) is 10.6 Å². The summed E-state index contributed by atoms with van der Waals surface area (Å²) in [5, 5.41) is 0. The molecular weight excluding hydrogens is 118 g/mol. The van der Waals surface area contributed by atoms with Gasteiger partial charge in [0.2, 0.25) is 0 Å². The molecule has 0 bridgehead atoms. The van der Waals surface area contributed by atoms with E-state index in [1.807, 2.05) is 5.51 Å². The molecule has 0 fully saturated rings. The van der Waals surface area contributed by atoms with Gasteiger partial charge in [-0.3, -0.25) is 0 Å². The van der Waals surface area contributed by atoms with Crippen LogP contribution < -0.4 is 0 Å². The van der Waals surface area contributed by atoms with Crippen molar-refractivity contribution in [1.82, 2.24) is 4.98 Å². The normalized spacial score (nSPS) is 9.75. The Hall–Kier alpha value is -0.370. The summed E-state index contributed by atoms with van der Waals surface area (Å²) < 4.78 is 0. The second-order valence-corrected chi connectivity index (χ2v) is 2.66. The van der Waals surface area contributed by atoms with Gasteiger partial charge in [0.15, 0.2) is 0 Å². The van der Waals surface area contributed by atoms with Gasteiger partial charge in [0, 0.05) is 4.88 Å². The summed E-state index contributed by atoms with van der Waals surface area (Å²) in [5.41, 5.74) is 2.99. The summed E-state index contributed by atoms with van der Waals surface area (Å²) in [6, 6.07) is 0. The van der Waals surface area contributed by atoms with Crippen LogP contribution in [0.3, 0.4) is 0 Å². The van der Waals surface area contributed by atoms with Crippen molar-refractivity contribution in [3.05, 3.63) is 23.0 Å². The van der Waals surface area contributed by atoms with Crippen LogP contribution in [0, 0.1) is 13.8 Å². The standard InChI is InChI=1S/C6H8NS/c1-3-6-5(2)8-4-7-6/h4H,1,3H2,2H3. The van der Waals surface area contributed by atoms with Gasteiger partial charge in [0.05, 0.1) is 11.2 Å². The highest BCUT2D eigenvalue weighted by molar-refractivity contribution is 7.09. The highest BCUT2D eigenvalue weighted by Crippen LogP contribution is 2.10. The predicted octanol–water partition coefficient (Wildman–Crippen LogP) is 1.83. The second-order valence-electron chi connectivity index (χ2n) is 1.61. The van der Waals surface area contributed by atoms with Crippen LogP contribution in [0.4, 0.5) is 0 Å². The summed E-state index contributed by atoms with van der Waals surface area (Å²) in [6.07, 6.45) is 0.815. The van der Waals surface area contributed by atoms with Crippen molar-refractivity contribution < 1.29 is 0 Å². The zero-order valence-electron chi connectivity index (χ0n) is 4.85. The van der Waals surface area contributed by atoms with Gasteiger partial charge in [-0.1, -0.05) is 0 Å². The van der Waals surface area contributed by atoms with Gasteiger partial charge in [0.1, 0.15) is 0 Å². The molecule has 1 nitrogen and oxygen atoms in total. The molecular formula is C6H8NS. The topological polar surface area (TPSA) is 12.9 Å². The average molecular weight is 126 g/mol. The van der Waals surface area contributed by atoms with Gasteiger partial charge in [-0.25, -0.2) is 4.98 Å². The van der Waals surface area contributed by atoms with E-state index in [9.17, 15) is 0 Å². The van der Waals surface area contributed by atoms with Crippen molar-refractivity contribution >= 4 is 11.3 Å². The van der Waals surface area contributed by atoms with Gasteiger partial charge in [-0.05, 0) is 20.3 Å². The van der Waals surface area contributed by atoms with Crippen LogP contribution >= 0.6 is 11.3 Å². The lowest BCUT2D eigenvalue weighted by Crippen LogP contribution is -1.79. The van der Waals surface area contributed by atoms with Gasteiger partial charge < -0.3 is 0 Å². The molecule has 0 aliphatic heterocycles. The molecule has 0 aliphatic rings. The maximum atomic E-state index is 4.09. The number of nitrogens with zero attached hydrogens (tertiary/aromatic N) is 1. The number of aromatic nitrogens is 1. The van der Waals surface area contributed by atoms with Crippen molar-refractivity contribution in [3.63, 3.8) is 0 Å². The first-order valence-corrected chi connectivity index (χ1v) is 3.40. The average Bonchev–Trinajstić information content (AvgIpc) is 2.14. The van der Waals surface area contributed by atoms with E-state index in [0.717, 1.165) is 12.1 Å². The van der Waals surface area contributed by atoms with Crippen LogP contribution in [0.25, 0.3) is 0 Å². The molecule has 8 heavy (non-hydrogen) atoms. The minimum Gasteiger partial charge on any atom is -0.249 e. The van der Waals surface area contributed by atoms with Crippen molar-refractivity contribution in [2.75, 3.05) is 0 Å². The van der Waals surface area contributed by atoms with Crippen LogP contribution in [0.5, 0.6) is 0 Å². The Morgan fingerprint density at radius 3 is 2.88 bits per heavy atom. The molecule has 1 radical (unpaired) electrons. The summed E-state index contributed by atoms with van der Waals surface area (Å²) in [7, 11) is 0. The van der Waals surface area contributed by atoms with Crippen LogP contribution in [0.2, 0.25) is 0 Å². The Morgan fingerprint density at radius 1 is 1.88 bits per heavy atom. The molecule has 0 saturated heterocycles. The Balaban J connectivity index is 2.92. The minimum atomic E-state index is 0.815. The summed E-state index contributed by atoms with van der Waals surface area (Å²) in [4.78, 5) is 5.38. The lowest BCUT2D eigenvalue weighted by atomic mass is 10.3. The molecule has 0 unspecified atom stereocenters. The fraction of sp³-hybridized carbons (Fsp3) is 0.333. The summed E-state index contributed by atoms with van der Waals surface area (Å²) >= 11 is 1.68. The molecule has 0 aliphatic carbocycles. The van der Waals surface area contributed by atoms with Gasteiger partial charge in [-0.15, -0.1) is 11.3 Å². The largest absolute Gasteiger partial charge is 0.249 e. The molecule has 2 heteroatoms. The van der Waals surface area contributed by atoms with E-state index in [0.29, 0.717) is 0 Å². The monoisotopic (exact) mass is 126 g/mol.